The number of hydrogen-bond donors (Lipinski definition) is 1. The molecule has 9 nitrogen and oxygen atoms in total. The van der Waals surface area contributed by atoms with Gasteiger partial charge in [0.25, 0.3) is 5.56 Å². The van der Waals surface area contributed by atoms with E-state index in [1.165, 1.54) is 24.8 Å². The lowest BCUT2D eigenvalue weighted by Crippen LogP contribution is -2.59. The fraction of sp³-hybridized carbons (Fsp3) is 0.281. The summed E-state index contributed by atoms with van der Waals surface area (Å²) in [5, 5.41) is 0. The molecular weight excluding hydrogens is 524 g/mol. The number of hydrogen-bond acceptors (Lipinski definition) is 7. The second kappa shape index (κ2) is 11.7. The molecule has 5 rings (SSSR count). The minimum Gasteiger partial charge on any atom is -0.459 e. The number of rotatable bonds is 9. The summed E-state index contributed by atoms with van der Waals surface area (Å²) >= 11 is 0. The Hall–Kier alpha value is -4.31. The maximum Gasteiger partial charge on any atom is 0.330 e. The minimum atomic E-state index is -1.56. The van der Waals surface area contributed by atoms with Gasteiger partial charge in [-0.1, -0.05) is 91.0 Å². The molecule has 0 saturated carbocycles. The van der Waals surface area contributed by atoms with Crippen LogP contribution in [0.5, 0.6) is 0 Å². The van der Waals surface area contributed by atoms with Crippen molar-refractivity contribution in [3.05, 3.63) is 140 Å². The number of esters is 1. The lowest BCUT2D eigenvalue weighted by molar-refractivity contribution is -0.296. The fourth-order valence-corrected chi connectivity index (χ4v) is 6.04. The molecule has 4 aromatic rings. The van der Waals surface area contributed by atoms with Crippen LogP contribution in [0, 0.1) is 6.92 Å². The van der Waals surface area contributed by atoms with E-state index in [4.69, 9.17) is 19.2 Å². The molecule has 0 amide bonds. The zero-order valence-electron chi connectivity index (χ0n) is 23.1. The number of H-pyrrole nitrogens is 1. The van der Waals surface area contributed by atoms with Gasteiger partial charge in [-0.3, -0.25) is 19.1 Å². The molecule has 0 spiro atoms. The predicted octanol–water partition coefficient (Wildman–Crippen LogP) is 3.83. The summed E-state index contributed by atoms with van der Waals surface area (Å²) in [6, 6.07) is 29.2. The van der Waals surface area contributed by atoms with Crippen LogP contribution in [0.2, 0.25) is 0 Å². The number of benzene rings is 3. The summed E-state index contributed by atoms with van der Waals surface area (Å²) in [5.74, 6) is -0.508. The van der Waals surface area contributed by atoms with E-state index in [1.807, 2.05) is 91.0 Å². The van der Waals surface area contributed by atoms with Crippen LogP contribution in [-0.2, 0) is 35.2 Å². The summed E-state index contributed by atoms with van der Waals surface area (Å²) in [6.07, 6.45) is -0.0884. The number of aryl methyl sites for hydroxylation is 1. The van der Waals surface area contributed by atoms with Gasteiger partial charge in [0.15, 0.2) is 5.72 Å². The van der Waals surface area contributed by atoms with Gasteiger partial charge in [-0.2, -0.15) is 0 Å². The van der Waals surface area contributed by atoms with Gasteiger partial charge in [-0.05, 0) is 23.6 Å². The second-order valence-corrected chi connectivity index (χ2v) is 10.0. The lowest BCUT2D eigenvalue weighted by atomic mass is 9.61. The van der Waals surface area contributed by atoms with Crippen LogP contribution in [0.4, 0.5) is 0 Å². The highest BCUT2D eigenvalue weighted by molar-refractivity contribution is 5.66. The Labute approximate surface area is 237 Å². The van der Waals surface area contributed by atoms with Gasteiger partial charge in [0.1, 0.15) is 18.8 Å². The van der Waals surface area contributed by atoms with Gasteiger partial charge in [0.05, 0.1) is 12.5 Å². The monoisotopic (exact) mass is 556 g/mol. The summed E-state index contributed by atoms with van der Waals surface area (Å²) in [6.45, 7) is 2.87. The average Bonchev–Trinajstić information content (AvgIpc) is 3.34. The van der Waals surface area contributed by atoms with E-state index in [9.17, 15) is 14.4 Å². The van der Waals surface area contributed by atoms with Crippen molar-refractivity contribution >= 4 is 5.97 Å². The van der Waals surface area contributed by atoms with Gasteiger partial charge in [-0.25, -0.2) is 14.6 Å². The molecule has 212 valence electrons. The van der Waals surface area contributed by atoms with Crippen molar-refractivity contribution in [2.24, 2.45) is 0 Å². The number of ether oxygens (including phenoxy) is 2. The summed E-state index contributed by atoms with van der Waals surface area (Å²) in [4.78, 5) is 51.4. The fourth-order valence-electron chi connectivity index (χ4n) is 6.04. The topological polar surface area (TPSA) is 109 Å². The smallest absolute Gasteiger partial charge is 0.330 e. The van der Waals surface area contributed by atoms with E-state index >= 15 is 0 Å². The number of aromatic nitrogens is 2. The molecule has 3 atom stereocenters. The SMILES string of the molecule is COOC[C@H]1O[C@](n2cc(C)c(=O)[nH]c2=O)(C(c2ccccc2)(c2ccccc2)c2ccccc2)C[C@@H]1OC(C)=O. The summed E-state index contributed by atoms with van der Waals surface area (Å²) < 4.78 is 14.3. The number of carbonyl (C=O) groups excluding carboxylic acids is 1. The van der Waals surface area contributed by atoms with Crippen molar-refractivity contribution in [2.45, 2.75) is 43.6 Å². The normalized spacial score (nSPS) is 20.6. The summed E-state index contributed by atoms with van der Waals surface area (Å²) in [7, 11) is 1.38. The van der Waals surface area contributed by atoms with E-state index in [1.54, 1.807) is 6.92 Å². The van der Waals surface area contributed by atoms with Gasteiger partial charge in [0.2, 0.25) is 0 Å². The van der Waals surface area contributed by atoms with E-state index in [-0.39, 0.29) is 13.0 Å². The van der Waals surface area contributed by atoms with Crippen LogP contribution in [-0.4, -0.2) is 41.4 Å². The van der Waals surface area contributed by atoms with Crippen LogP contribution in [0.1, 0.15) is 35.6 Å². The maximum absolute atomic E-state index is 13.8. The molecule has 1 fully saturated rings. The zero-order valence-corrected chi connectivity index (χ0v) is 23.1. The van der Waals surface area contributed by atoms with Crippen molar-refractivity contribution in [2.75, 3.05) is 13.7 Å². The van der Waals surface area contributed by atoms with E-state index < -0.39 is 40.6 Å². The third kappa shape index (κ3) is 4.93. The highest BCUT2D eigenvalue weighted by Gasteiger charge is 2.64. The van der Waals surface area contributed by atoms with Crippen molar-refractivity contribution in [3.8, 4) is 0 Å². The molecule has 1 aromatic heterocycles. The van der Waals surface area contributed by atoms with Crippen LogP contribution in [0.25, 0.3) is 0 Å². The molecule has 0 unspecified atom stereocenters. The van der Waals surface area contributed by atoms with Gasteiger partial charge >= 0.3 is 11.7 Å². The molecule has 0 aliphatic carbocycles. The Morgan fingerprint density at radius 1 is 0.951 bits per heavy atom. The summed E-state index contributed by atoms with van der Waals surface area (Å²) in [5.41, 5.74) is -1.13. The molecule has 1 aliphatic rings. The second-order valence-electron chi connectivity index (χ2n) is 10.0. The van der Waals surface area contributed by atoms with E-state index in [2.05, 4.69) is 4.98 Å². The Morgan fingerprint density at radius 3 is 1.93 bits per heavy atom. The number of aromatic amines is 1. The Kier molecular flexibility index (Phi) is 8.03. The molecule has 1 aliphatic heterocycles. The van der Waals surface area contributed by atoms with Crippen molar-refractivity contribution in [1.29, 1.82) is 0 Å². The van der Waals surface area contributed by atoms with Crippen molar-refractivity contribution < 1.29 is 24.0 Å². The first-order valence-electron chi connectivity index (χ1n) is 13.3. The molecule has 1 N–H and O–H groups in total. The van der Waals surface area contributed by atoms with Crippen molar-refractivity contribution in [1.82, 2.24) is 9.55 Å². The Bertz CT molecular complexity index is 1510. The van der Waals surface area contributed by atoms with Gasteiger partial charge in [0, 0.05) is 25.1 Å². The molecule has 0 radical (unpaired) electrons. The number of carbonyl (C=O) groups is 1. The van der Waals surface area contributed by atoms with Gasteiger partial charge < -0.3 is 9.47 Å². The first-order chi connectivity index (χ1) is 19.8. The first kappa shape index (κ1) is 28.2. The highest BCUT2D eigenvalue weighted by Crippen LogP contribution is 2.57. The quantitative estimate of drug-likeness (QED) is 0.144. The highest BCUT2D eigenvalue weighted by atomic mass is 17.2. The van der Waals surface area contributed by atoms with Crippen LogP contribution in [0.15, 0.2) is 107 Å². The standard InChI is InChI=1S/C32H32N2O7/c1-22-20-34(30(37)33-29(22)36)31(19-27(40-23(2)35)28(41-31)21-39-38-3)32(24-13-7-4-8-14-24,25-15-9-5-10-16-25)26-17-11-6-12-18-26/h4-18,20,27-28H,19,21H2,1-3H3,(H,33,36,37)/t27-,28+,31-/m0/s1. The third-order valence-electron chi connectivity index (χ3n) is 7.62. The zero-order chi connectivity index (χ0) is 29.0. The predicted molar refractivity (Wildman–Crippen MR) is 151 cm³/mol. The average molecular weight is 557 g/mol. The van der Waals surface area contributed by atoms with Crippen LogP contribution < -0.4 is 11.2 Å². The number of nitrogens with one attached hydrogen (secondary N) is 1. The molecule has 3 aromatic carbocycles. The van der Waals surface area contributed by atoms with Crippen molar-refractivity contribution in [3.63, 3.8) is 0 Å². The maximum atomic E-state index is 13.8. The first-order valence-corrected chi connectivity index (χ1v) is 13.3. The van der Waals surface area contributed by atoms with E-state index in [0.717, 1.165) is 16.7 Å². The van der Waals surface area contributed by atoms with Crippen LogP contribution in [0.3, 0.4) is 0 Å². The number of nitrogens with zero attached hydrogens (tertiary/aromatic N) is 1. The molecule has 9 heteroatoms. The molecule has 1 saturated heterocycles. The van der Waals surface area contributed by atoms with E-state index in [0.29, 0.717) is 5.56 Å². The Morgan fingerprint density at radius 2 is 1.46 bits per heavy atom. The lowest BCUT2D eigenvalue weighted by Gasteiger charge is -2.50. The Balaban J connectivity index is 1.96. The minimum absolute atomic E-state index is 0.0500. The molecule has 2 heterocycles. The molecule has 41 heavy (non-hydrogen) atoms. The third-order valence-corrected chi connectivity index (χ3v) is 7.62. The molecular formula is C32H32N2O7. The largest absolute Gasteiger partial charge is 0.459 e. The van der Waals surface area contributed by atoms with Gasteiger partial charge in [-0.15, -0.1) is 0 Å². The van der Waals surface area contributed by atoms with Crippen LogP contribution >= 0.6 is 0 Å². The molecule has 0 bridgehead atoms.